The molecule has 152 valence electrons. The van der Waals surface area contributed by atoms with Crippen molar-refractivity contribution in [2.45, 2.75) is 57.3 Å². The first kappa shape index (κ1) is 20.9. The Morgan fingerprint density at radius 1 is 1.21 bits per heavy atom. The maximum atomic E-state index is 14.0. The van der Waals surface area contributed by atoms with E-state index in [4.69, 9.17) is 9.36 Å². The predicted octanol–water partition coefficient (Wildman–Crippen LogP) is 3.92. The van der Waals surface area contributed by atoms with Crippen LogP contribution in [-0.2, 0) is 19.4 Å². The maximum Gasteiger partial charge on any atom is 0.208 e. The van der Waals surface area contributed by atoms with E-state index in [-0.39, 0.29) is 41.0 Å². The summed E-state index contributed by atoms with van der Waals surface area (Å²) in [6, 6.07) is 3.85. The smallest absolute Gasteiger partial charge is 0.208 e. The normalized spacial score (nSPS) is 15.7. The molecule has 0 N–H and O–H groups in total. The molecule has 29 heavy (non-hydrogen) atoms. The van der Waals surface area contributed by atoms with Gasteiger partial charge in [0, 0.05) is 24.6 Å². The van der Waals surface area contributed by atoms with Gasteiger partial charge in [0.15, 0.2) is 10.6 Å². The molecule has 1 aliphatic heterocycles. The second kappa shape index (κ2) is 7.53. The van der Waals surface area contributed by atoms with Gasteiger partial charge < -0.3 is 9.36 Å². The van der Waals surface area contributed by atoms with E-state index in [2.05, 4.69) is 34.0 Å². The summed E-state index contributed by atoms with van der Waals surface area (Å²) in [7, 11) is -4.13. The molecule has 0 spiro atoms. The Balaban J connectivity index is 2.32. The Bertz CT molecular complexity index is 1180. The fourth-order valence-electron chi connectivity index (χ4n) is 3.22. The fraction of sp³-hybridized carbons (Fsp3) is 0.429. The van der Waals surface area contributed by atoms with E-state index in [1.54, 1.807) is 27.7 Å². The summed E-state index contributed by atoms with van der Waals surface area (Å²) < 4.78 is 45.3. The largest absolute Gasteiger partial charge is 0.389 e. The van der Waals surface area contributed by atoms with Crippen molar-refractivity contribution in [2.75, 3.05) is 0 Å². The molecule has 0 aliphatic carbocycles. The monoisotopic (exact) mass is 416 g/mol. The number of rotatable bonds is 4. The Hall–Kier alpha value is -2.84. The van der Waals surface area contributed by atoms with Crippen LogP contribution in [0.25, 0.3) is 11.0 Å². The predicted molar refractivity (Wildman–Crippen MR) is 108 cm³/mol. The Kier molecular flexibility index (Phi) is 5.42. The first-order chi connectivity index (χ1) is 13.7. The molecule has 1 aromatic carbocycles. The van der Waals surface area contributed by atoms with Crippen molar-refractivity contribution in [3.63, 3.8) is 0 Å². The van der Waals surface area contributed by atoms with Crippen LogP contribution in [0.2, 0.25) is 0 Å². The highest BCUT2D eigenvalue weighted by Crippen LogP contribution is 2.43. The van der Waals surface area contributed by atoms with Gasteiger partial charge in [-0.15, -0.1) is 23.7 Å². The molecule has 2 aromatic rings. The zero-order valence-electron chi connectivity index (χ0n) is 16.7. The van der Waals surface area contributed by atoms with Gasteiger partial charge in [-0.2, -0.15) is 0 Å². The lowest BCUT2D eigenvalue weighted by atomic mass is 9.94. The van der Waals surface area contributed by atoms with Crippen LogP contribution < -0.4 is 0 Å². The molecule has 8 heteroatoms. The molecule has 1 aromatic heterocycles. The topological polar surface area (TPSA) is 81.8 Å². The van der Waals surface area contributed by atoms with Crippen LogP contribution in [0.5, 0.6) is 0 Å². The summed E-state index contributed by atoms with van der Waals surface area (Å²) in [4.78, 5) is 5.30. The van der Waals surface area contributed by atoms with Gasteiger partial charge in [0.1, 0.15) is 21.9 Å². The van der Waals surface area contributed by atoms with Gasteiger partial charge in [-0.05, 0) is 45.9 Å². The molecule has 0 unspecified atom stereocenters. The van der Waals surface area contributed by atoms with Gasteiger partial charge in [-0.25, -0.2) is 12.8 Å². The lowest BCUT2D eigenvalue weighted by molar-refractivity contribution is 0.0123. The summed E-state index contributed by atoms with van der Waals surface area (Å²) >= 11 is 0. The van der Waals surface area contributed by atoms with Crippen LogP contribution in [0.4, 0.5) is 4.39 Å². The summed E-state index contributed by atoms with van der Waals surface area (Å²) in [5.41, 5.74) is -0.399. The van der Waals surface area contributed by atoms with Gasteiger partial charge in [0.2, 0.25) is 9.84 Å². The van der Waals surface area contributed by atoms with E-state index in [0.29, 0.717) is 0 Å². The fourth-order valence-corrected chi connectivity index (χ4v) is 5.27. The van der Waals surface area contributed by atoms with Crippen molar-refractivity contribution < 1.29 is 22.2 Å². The van der Waals surface area contributed by atoms with E-state index in [9.17, 15) is 12.8 Å². The van der Waals surface area contributed by atoms with E-state index in [1.165, 1.54) is 18.2 Å². The van der Waals surface area contributed by atoms with Crippen molar-refractivity contribution in [1.29, 1.82) is 0 Å². The molecule has 1 aliphatic rings. The zero-order chi connectivity index (χ0) is 21.3. The molecular weight excluding hydrogens is 395 g/mol. The third-order valence-corrected chi connectivity index (χ3v) is 7.11. The molecule has 0 bridgehead atoms. The summed E-state index contributed by atoms with van der Waals surface area (Å²) in [5.74, 6) is 10.6. The highest BCUT2D eigenvalue weighted by Gasteiger charge is 2.53. The molecule has 0 atom stereocenters. The molecule has 0 amide bonds. The minimum Gasteiger partial charge on any atom is -0.389 e. The maximum absolute atomic E-state index is 14.0. The molecule has 0 saturated carbocycles. The molecule has 6 nitrogen and oxygen atoms in total. The van der Waals surface area contributed by atoms with E-state index >= 15 is 0 Å². The third-order valence-electron chi connectivity index (χ3n) is 4.76. The van der Waals surface area contributed by atoms with Gasteiger partial charge in [-0.1, -0.05) is 10.3 Å². The number of oxime groups is 1. The number of hydrogen-bond donors (Lipinski definition) is 0. The summed E-state index contributed by atoms with van der Waals surface area (Å²) in [6.45, 7) is 6.73. The van der Waals surface area contributed by atoms with Crippen LogP contribution in [0, 0.1) is 29.5 Å². The van der Waals surface area contributed by atoms with E-state index in [1.807, 2.05) is 0 Å². The lowest BCUT2D eigenvalue weighted by Crippen LogP contribution is -2.41. The van der Waals surface area contributed by atoms with Crippen molar-refractivity contribution in [1.82, 2.24) is 5.16 Å². The zero-order valence-corrected chi connectivity index (χ0v) is 17.5. The van der Waals surface area contributed by atoms with Gasteiger partial charge >= 0.3 is 0 Å². The standard InChI is InChI=1S/C21H21FN2O4S/c1-5-7-11-21(12-8-6-2,29(25,26)18-14-20(3,4)28-23-18)19-16-13-15(22)9-10-17(16)27-24-19/h9-10,13H,11-12,14H2,1-4H3. The second-order valence-corrected chi connectivity index (χ2v) is 9.65. The summed E-state index contributed by atoms with van der Waals surface area (Å²) in [5, 5.41) is 8.05. The number of sulfone groups is 1. The summed E-state index contributed by atoms with van der Waals surface area (Å²) in [6.07, 6.45) is -0.101. The first-order valence-electron chi connectivity index (χ1n) is 9.01. The van der Waals surface area contributed by atoms with Crippen LogP contribution in [0.1, 0.15) is 52.7 Å². The van der Waals surface area contributed by atoms with Crippen LogP contribution in [-0.4, -0.2) is 24.2 Å². The molecule has 0 radical (unpaired) electrons. The minimum absolute atomic E-state index is 0.0740. The molecule has 3 rings (SSSR count). The Morgan fingerprint density at radius 2 is 1.86 bits per heavy atom. The SMILES string of the molecule is CC#CCC(CC#CC)(c1noc2ccc(F)cc12)S(=O)(=O)C1=NOC(C)(C)C1. The molecule has 0 saturated heterocycles. The molecule has 2 heterocycles. The average Bonchev–Trinajstić information content (AvgIpc) is 3.25. The highest BCUT2D eigenvalue weighted by atomic mass is 32.2. The van der Waals surface area contributed by atoms with Gasteiger partial charge in [0.25, 0.3) is 0 Å². The van der Waals surface area contributed by atoms with Crippen LogP contribution >= 0.6 is 0 Å². The van der Waals surface area contributed by atoms with Gasteiger partial charge in [0.05, 0.1) is 0 Å². The minimum atomic E-state index is -4.13. The van der Waals surface area contributed by atoms with Gasteiger partial charge in [-0.3, -0.25) is 0 Å². The van der Waals surface area contributed by atoms with Crippen LogP contribution in [0.15, 0.2) is 27.9 Å². The number of aromatic nitrogens is 1. The number of benzene rings is 1. The second-order valence-electron chi connectivity index (χ2n) is 7.39. The average molecular weight is 416 g/mol. The van der Waals surface area contributed by atoms with Crippen molar-refractivity contribution >= 4 is 25.9 Å². The molecule has 0 fully saturated rings. The quantitative estimate of drug-likeness (QED) is 0.706. The Morgan fingerprint density at radius 3 is 2.41 bits per heavy atom. The third kappa shape index (κ3) is 3.61. The number of fused-ring (bicyclic) bond motifs is 1. The highest BCUT2D eigenvalue weighted by molar-refractivity contribution is 8.07. The Labute approximate surface area is 169 Å². The van der Waals surface area contributed by atoms with E-state index in [0.717, 1.165) is 0 Å². The van der Waals surface area contributed by atoms with Crippen molar-refractivity contribution in [2.24, 2.45) is 5.16 Å². The van der Waals surface area contributed by atoms with Crippen LogP contribution in [0.3, 0.4) is 0 Å². The number of nitrogens with zero attached hydrogens (tertiary/aromatic N) is 2. The molecular formula is C21H21FN2O4S. The van der Waals surface area contributed by atoms with Crippen molar-refractivity contribution in [3.05, 3.63) is 29.7 Å². The number of hydrogen-bond acceptors (Lipinski definition) is 6. The van der Waals surface area contributed by atoms with E-state index < -0.39 is 26.0 Å². The lowest BCUT2D eigenvalue weighted by Gasteiger charge is -2.28. The van der Waals surface area contributed by atoms with Crippen molar-refractivity contribution in [3.8, 4) is 23.7 Å². The first-order valence-corrected chi connectivity index (χ1v) is 10.5. The number of halogens is 1.